The minimum Gasteiger partial charge on any atom is -0.207 e. The molecular weight excluding hydrogens is 326 g/mol. The van der Waals surface area contributed by atoms with Gasteiger partial charge in [0.15, 0.2) is 0 Å². The van der Waals surface area contributed by atoms with Gasteiger partial charge in [-0.3, -0.25) is 0 Å². The molecule has 0 saturated carbocycles. The van der Waals surface area contributed by atoms with Crippen LogP contribution in [0, 0.1) is 0 Å². The number of fused-ring (bicyclic) bond motifs is 1. The lowest BCUT2D eigenvalue weighted by Crippen LogP contribution is -2.18. The standard InChI is InChI=1S/C14H14BrNO2S/c15-12-9-5-2-6-10-13-14(12)16(13)19(17,18)11-7-3-1-4-8-11/h1-9,12-14H,10H2/t12-,13-,14+,16?/m1/s1. The van der Waals surface area contributed by atoms with Crippen molar-refractivity contribution in [3.8, 4) is 0 Å². The molecule has 3 rings (SSSR count). The number of halogens is 1. The molecule has 5 heteroatoms. The van der Waals surface area contributed by atoms with E-state index in [1.807, 2.05) is 30.4 Å². The second kappa shape index (κ2) is 4.89. The molecule has 0 radical (unpaired) electrons. The number of benzene rings is 1. The van der Waals surface area contributed by atoms with Crippen LogP contribution in [0.2, 0.25) is 0 Å². The molecule has 1 aromatic rings. The zero-order valence-electron chi connectivity index (χ0n) is 10.2. The Morgan fingerprint density at radius 2 is 1.89 bits per heavy atom. The Morgan fingerprint density at radius 3 is 2.63 bits per heavy atom. The molecule has 4 atom stereocenters. The molecule has 0 bridgehead atoms. The van der Waals surface area contributed by atoms with Crippen molar-refractivity contribution in [2.75, 3.05) is 0 Å². The Kier molecular flexibility index (Phi) is 3.37. The summed E-state index contributed by atoms with van der Waals surface area (Å²) in [5.41, 5.74) is 0. The van der Waals surface area contributed by atoms with Crippen molar-refractivity contribution in [1.29, 1.82) is 0 Å². The third kappa shape index (κ3) is 2.30. The van der Waals surface area contributed by atoms with E-state index in [0.717, 1.165) is 6.42 Å². The van der Waals surface area contributed by atoms with Crippen LogP contribution in [0.5, 0.6) is 0 Å². The van der Waals surface area contributed by atoms with E-state index in [1.165, 1.54) is 0 Å². The zero-order chi connectivity index (χ0) is 13.5. The highest BCUT2D eigenvalue weighted by Gasteiger charge is 2.57. The first-order valence-corrected chi connectivity index (χ1v) is 8.54. The minimum absolute atomic E-state index is 0.0198. The number of hydrogen-bond donors (Lipinski definition) is 0. The van der Waals surface area contributed by atoms with Gasteiger partial charge in [-0.05, 0) is 18.6 Å². The van der Waals surface area contributed by atoms with Crippen molar-refractivity contribution >= 4 is 26.0 Å². The van der Waals surface area contributed by atoms with Gasteiger partial charge in [-0.15, -0.1) is 0 Å². The van der Waals surface area contributed by atoms with E-state index in [2.05, 4.69) is 15.9 Å². The van der Waals surface area contributed by atoms with Crippen molar-refractivity contribution in [3.05, 3.63) is 54.6 Å². The van der Waals surface area contributed by atoms with Crippen LogP contribution in [0.4, 0.5) is 0 Å². The Bertz CT molecular complexity index is 624. The Morgan fingerprint density at radius 1 is 1.16 bits per heavy atom. The molecule has 0 amide bonds. The number of sulfonamides is 1. The lowest BCUT2D eigenvalue weighted by Gasteiger charge is -2.07. The van der Waals surface area contributed by atoms with E-state index in [4.69, 9.17) is 0 Å². The van der Waals surface area contributed by atoms with Gasteiger partial charge in [0.05, 0.1) is 15.8 Å². The van der Waals surface area contributed by atoms with E-state index >= 15 is 0 Å². The lowest BCUT2D eigenvalue weighted by molar-refractivity contribution is 0.545. The first-order valence-electron chi connectivity index (χ1n) is 6.18. The van der Waals surface area contributed by atoms with Gasteiger partial charge in [0, 0.05) is 6.04 Å². The summed E-state index contributed by atoms with van der Waals surface area (Å²) >= 11 is 3.56. The SMILES string of the molecule is O=S(=O)(c1ccccc1)N1[C@H]2[C@H](Br)C=CC=CC[C@H]21. The van der Waals surface area contributed by atoms with Gasteiger partial charge in [-0.25, -0.2) is 8.42 Å². The van der Waals surface area contributed by atoms with Crippen LogP contribution in [0.25, 0.3) is 0 Å². The molecule has 0 N–H and O–H groups in total. The summed E-state index contributed by atoms with van der Waals surface area (Å²) in [6, 6.07) is 8.71. The summed E-state index contributed by atoms with van der Waals surface area (Å²) in [5, 5.41) is 0. The molecule has 0 aromatic heterocycles. The third-order valence-corrected chi connectivity index (χ3v) is 6.27. The van der Waals surface area contributed by atoms with Gasteiger partial charge in [0.1, 0.15) is 0 Å². The highest BCUT2D eigenvalue weighted by atomic mass is 79.9. The largest absolute Gasteiger partial charge is 0.243 e. The predicted octanol–water partition coefficient (Wildman–Crippen LogP) is 2.71. The van der Waals surface area contributed by atoms with Gasteiger partial charge >= 0.3 is 0 Å². The summed E-state index contributed by atoms with van der Waals surface area (Å²) in [6.45, 7) is 0. The highest BCUT2D eigenvalue weighted by Crippen LogP contribution is 2.43. The van der Waals surface area contributed by atoms with Crippen LogP contribution < -0.4 is 0 Å². The van der Waals surface area contributed by atoms with E-state index in [1.54, 1.807) is 28.6 Å². The zero-order valence-corrected chi connectivity index (χ0v) is 12.6. The Balaban J connectivity index is 1.93. The van der Waals surface area contributed by atoms with E-state index in [9.17, 15) is 8.42 Å². The van der Waals surface area contributed by atoms with Gasteiger partial charge in [0.2, 0.25) is 10.0 Å². The van der Waals surface area contributed by atoms with Crippen molar-refractivity contribution in [1.82, 2.24) is 4.31 Å². The van der Waals surface area contributed by atoms with Gasteiger partial charge < -0.3 is 0 Å². The second-order valence-corrected chi connectivity index (χ2v) is 7.60. The monoisotopic (exact) mass is 339 g/mol. The normalized spacial score (nSPS) is 33.3. The quantitative estimate of drug-likeness (QED) is 0.613. The number of alkyl halides is 1. The first kappa shape index (κ1) is 13.1. The maximum Gasteiger partial charge on any atom is 0.243 e. The molecule has 1 aliphatic carbocycles. The van der Waals surface area contributed by atoms with Crippen LogP contribution in [0.3, 0.4) is 0 Å². The van der Waals surface area contributed by atoms with Crippen molar-refractivity contribution < 1.29 is 8.42 Å². The number of nitrogens with zero attached hydrogens (tertiary/aromatic N) is 1. The van der Waals surface area contributed by atoms with E-state index in [-0.39, 0.29) is 16.9 Å². The molecule has 1 saturated heterocycles. The van der Waals surface area contributed by atoms with Crippen molar-refractivity contribution in [2.24, 2.45) is 0 Å². The van der Waals surface area contributed by atoms with E-state index in [0.29, 0.717) is 4.90 Å². The van der Waals surface area contributed by atoms with Gasteiger partial charge in [0.25, 0.3) is 0 Å². The lowest BCUT2D eigenvalue weighted by atomic mass is 10.1. The first-order chi connectivity index (χ1) is 9.12. The van der Waals surface area contributed by atoms with Gasteiger partial charge in [-0.1, -0.05) is 58.4 Å². The van der Waals surface area contributed by atoms with Crippen LogP contribution in [-0.2, 0) is 10.0 Å². The summed E-state index contributed by atoms with van der Waals surface area (Å²) < 4.78 is 26.8. The fourth-order valence-electron chi connectivity index (χ4n) is 2.51. The second-order valence-electron chi connectivity index (χ2n) is 4.70. The smallest absolute Gasteiger partial charge is 0.207 e. The van der Waals surface area contributed by atoms with Crippen LogP contribution >= 0.6 is 15.9 Å². The maximum atomic E-state index is 12.6. The number of hydrogen-bond acceptors (Lipinski definition) is 2. The maximum absolute atomic E-state index is 12.6. The molecule has 1 aliphatic heterocycles. The number of allylic oxidation sites excluding steroid dienone is 2. The van der Waals surface area contributed by atoms with Crippen LogP contribution in [-0.4, -0.2) is 29.6 Å². The molecule has 3 nitrogen and oxygen atoms in total. The summed E-state index contributed by atoms with van der Waals surface area (Å²) in [6.07, 6.45) is 8.71. The molecule has 1 fully saturated rings. The molecular formula is C14H14BrNO2S. The summed E-state index contributed by atoms with van der Waals surface area (Å²) in [7, 11) is -3.38. The van der Waals surface area contributed by atoms with Crippen LogP contribution in [0.15, 0.2) is 59.5 Å². The minimum atomic E-state index is -3.38. The molecule has 1 heterocycles. The molecule has 100 valence electrons. The van der Waals surface area contributed by atoms with Crippen molar-refractivity contribution in [3.63, 3.8) is 0 Å². The topological polar surface area (TPSA) is 37.1 Å². The predicted molar refractivity (Wildman–Crippen MR) is 78.7 cm³/mol. The number of rotatable bonds is 2. The highest BCUT2D eigenvalue weighted by molar-refractivity contribution is 9.09. The Hall–Kier alpha value is -0.910. The molecule has 0 spiro atoms. The Labute approximate surface area is 121 Å². The summed E-state index contributed by atoms with van der Waals surface area (Å²) in [5.74, 6) is 0. The molecule has 1 aromatic carbocycles. The third-order valence-electron chi connectivity index (χ3n) is 3.49. The van der Waals surface area contributed by atoms with E-state index < -0.39 is 10.0 Å². The van der Waals surface area contributed by atoms with Gasteiger partial charge in [-0.2, -0.15) is 4.31 Å². The average Bonchev–Trinajstić information content (AvgIpc) is 3.11. The fourth-order valence-corrected chi connectivity index (χ4v) is 5.30. The van der Waals surface area contributed by atoms with Crippen LogP contribution in [0.1, 0.15) is 6.42 Å². The average molecular weight is 340 g/mol. The fraction of sp³-hybridized carbons (Fsp3) is 0.286. The molecule has 1 unspecified atom stereocenters. The molecule has 19 heavy (non-hydrogen) atoms. The summed E-state index contributed by atoms with van der Waals surface area (Å²) in [4.78, 5) is 0.440. The van der Waals surface area contributed by atoms with Crippen molar-refractivity contribution in [2.45, 2.75) is 28.2 Å². The molecule has 2 aliphatic rings.